The van der Waals surface area contributed by atoms with Gasteiger partial charge in [-0.05, 0) is 91.2 Å². The third kappa shape index (κ3) is 8.06. The molecule has 1 fully saturated rings. The van der Waals surface area contributed by atoms with Crippen LogP contribution in [0.1, 0.15) is 18.4 Å². The summed E-state index contributed by atoms with van der Waals surface area (Å²) in [6.45, 7) is 3.13. The highest BCUT2D eigenvalue weighted by Gasteiger charge is 2.26. The molecule has 1 aliphatic rings. The van der Waals surface area contributed by atoms with Crippen molar-refractivity contribution in [3.05, 3.63) is 145 Å². The van der Waals surface area contributed by atoms with Gasteiger partial charge in [-0.1, -0.05) is 66.7 Å². The van der Waals surface area contributed by atoms with Gasteiger partial charge in [-0.25, -0.2) is 0 Å². The second kappa shape index (κ2) is 14.4. The van der Waals surface area contributed by atoms with E-state index >= 15 is 0 Å². The van der Waals surface area contributed by atoms with Crippen LogP contribution in [0.4, 0.5) is 11.4 Å². The molecule has 6 nitrogen and oxygen atoms in total. The molecule has 1 saturated heterocycles. The van der Waals surface area contributed by atoms with Crippen molar-refractivity contribution in [1.29, 1.82) is 0 Å². The van der Waals surface area contributed by atoms with Gasteiger partial charge in [0.1, 0.15) is 23.0 Å². The summed E-state index contributed by atoms with van der Waals surface area (Å²) in [6, 6.07) is 45.9. The largest absolute Gasteiger partial charge is 0.457 e. The van der Waals surface area contributed by atoms with Gasteiger partial charge in [-0.3, -0.25) is 9.69 Å². The summed E-state index contributed by atoms with van der Waals surface area (Å²) in [5, 5.41) is 3.08. The fraction of sp³-hybridized carbons (Fsp3) is 0.184. The van der Waals surface area contributed by atoms with Crippen molar-refractivity contribution >= 4 is 17.3 Å². The van der Waals surface area contributed by atoms with Crippen LogP contribution < -0.4 is 19.7 Å². The average Bonchev–Trinajstić information content (AvgIpc) is 3.07. The third-order valence-corrected chi connectivity index (χ3v) is 7.83. The Bertz CT molecular complexity index is 1590. The van der Waals surface area contributed by atoms with E-state index in [1.165, 1.54) is 5.56 Å². The Hall–Kier alpha value is -5.07. The van der Waals surface area contributed by atoms with E-state index in [9.17, 15) is 4.79 Å². The van der Waals surface area contributed by atoms with Crippen molar-refractivity contribution in [1.82, 2.24) is 4.90 Å². The van der Waals surface area contributed by atoms with E-state index < -0.39 is 0 Å². The number of amides is 1. The van der Waals surface area contributed by atoms with Gasteiger partial charge in [-0.15, -0.1) is 0 Å². The maximum Gasteiger partial charge on any atom is 0.243 e. The highest BCUT2D eigenvalue weighted by Crippen LogP contribution is 2.27. The first kappa shape index (κ1) is 29.0. The second-order valence-electron chi connectivity index (χ2n) is 11.0. The van der Waals surface area contributed by atoms with Gasteiger partial charge in [0.05, 0.1) is 6.54 Å². The summed E-state index contributed by atoms with van der Waals surface area (Å²) >= 11 is 0. The predicted octanol–water partition coefficient (Wildman–Crippen LogP) is 8.38. The first-order valence-corrected chi connectivity index (χ1v) is 15.2. The number of piperidine rings is 1. The van der Waals surface area contributed by atoms with Crippen LogP contribution in [-0.4, -0.2) is 36.5 Å². The van der Waals surface area contributed by atoms with Crippen LogP contribution >= 0.6 is 0 Å². The molecule has 0 unspecified atom stereocenters. The van der Waals surface area contributed by atoms with Gasteiger partial charge >= 0.3 is 0 Å². The van der Waals surface area contributed by atoms with E-state index in [0.717, 1.165) is 66.8 Å². The molecule has 5 aromatic rings. The standard InChI is InChI=1S/C38H37N3O3/c42-38(39-31-18-22-37(23-19-31)44-35-14-8-3-9-15-35)29-41(32-10-4-1-5-11-32)33-24-26-40(27-25-33)28-30-16-20-36(21-17-30)43-34-12-6-2-7-13-34/h1-23,33H,24-29H2,(H,39,42). The Morgan fingerprint density at radius 2 is 1.11 bits per heavy atom. The van der Waals surface area contributed by atoms with Gasteiger partial charge < -0.3 is 19.7 Å². The zero-order valence-corrected chi connectivity index (χ0v) is 24.7. The number of carbonyl (C=O) groups excluding carboxylic acids is 1. The SMILES string of the molecule is O=C(CN(c1ccccc1)C1CCN(Cc2ccc(Oc3ccccc3)cc2)CC1)Nc1ccc(Oc2ccccc2)cc1. The highest BCUT2D eigenvalue weighted by molar-refractivity contribution is 5.94. The number of para-hydroxylation sites is 3. The van der Waals surface area contributed by atoms with Crippen LogP contribution in [-0.2, 0) is 11.3 Å². The molecule has 0 aromatic heterocycles. The second-order valence-corrected chi connectivity index (χ2v) is 11.0. The maximum atomic E-state index is 13.3. The number of nitrogens with one attached hydrogen (secondary N) is 1. The molecule has 1 amide bonds. The molecule has 0 aliphatic carbocycles. The molecule has 0 saturated carbocycles. The van der Waals surface area contributed by atoms with Crippen molar-refractivity contribution in [3.63, 3.8) is 0 Å². The molecule has 44 heavy (non-hydrogen) atoms. The van der Waals surface area contributed by atoms with Gasteiger partial charge in [0.15, 0.2) is 0 Å². The van der Waals surface area contributed by atoms with Crippen LogP contribution in [0.2, 0.25) is 0 Å². The minimum absolute atomic E-state index is 0.0363. The fourth-order valence-electron chi connectivity index (χ4n) is 5.57. The number of ether oxygens (including phenoxy) is 2. The van der Waals surface area contributed by atoms with Gasteiger partial charge in [0, 0.05) is 37.1 Å². The zero-order valence-electron chi connectivity index (χ0n) is 24.7. The number of benzene rings is 5. The van der Waals surface area contributed by atoms with Gasteiger partial charge in [0.2, 0.25) is 5.91 Å². The molecule has 1 N–H and O–H groups in total. The van der Waals surface area contributed by atoms with Crippen molar-refractivity contribution < 1.29 is 14.3 Å². The number of nitrogens with zero attached hydrogens (tertiary/aromatic N) is 2. The number of hydrogen-bond donors (Lipinski definition) is 1. The Labute approximate surface area is 259 Å². The Balaban J connectivity index is 1.03. The van der Waals surface area contributed by atoms with Gasteiger partial charge in [-0.2, -0.15) is 0 Å². The zero-order chi connectivity index (χ0) is 30.0. The van der Waals surface area contributed by atoms with E-state index in [2.05, 4.69) is 39.4 Å². The third-order valence-electron chi connectivity index (χ3n) is 7.83. The molecular formula is C38H37N3O3. The monoisotopic (exact) mass is 583 g/mol. The van der Waals surface area contributed by atoms with Crippen LogP contribution in [0.3, 0.4) is 0 Å². The van der Waals surface area contributed by atoms with E-state index in [1.807, 2.05) is 115 Å². The molecule has 6 heteroatoms. The Morgan fingerprint density at radius 3 is 1.66 bits per heavy atom. The van der Waals surface area contributed by atoms with Crippen LogP contribution in [0.25, 0.3) is 0 Å². The first-order valence-electron chi connectivity index (χ1n) is 15.2. The lowest BCUT2D eigenvalue weighted by Crippen LogP contribution is -2.47. The molecule has 1 aliphatic heterocycles. The van der Waals surface area contributed by atoms with Crippen molar-refractivity contribution in [2.75, 3.05) is 29.9 Å². The summed E-state index contributed by atoms with van der Waals surface area (Å²) in [5.41, 5.74) is 3.09. The molecule has 6 rings (SSSR count). The number of rotatable bonds is 11. The minimum atomic E-state index is -0.0363. The summed E-state index contributed by atoms with van der Waals surface area (Å²) in [6.07, 6.45) is 1.98. The normalized spacial score (nSPS) is 13.6. The number of likely N-dealkylation sites (tertiary alicyclic amines) is 1. The molecule has 222 valence electrons. The molecular weight excluding hydrogens is 546 g/mol. The molecule has 0 bridgehead atoms. The van der Waals surface area contributed by atoms with E-state index in [1.54, 1.807) is 0 Å². The lowest BCUT2D eigenvalue weighted by Gasteiger charge is -2.39. The van der Waals surface area contributed by atoms with E-state index in [4.69, 9.17) is 9.47 Å². The summed E-state index contributed by atoms with van der Waals surface area (Å²) in [7, 11) is 0. The molecule has 0 spiro atoms. The summed E-state index contributed by atoms with van der Waals surface area (Å²) in [4.78, 5) is 18.0. The van der Waals surface area contributed by atoms with E-state index in [-0.39, 0.29) is 11.9 Å². The van der Waals surface area contributed by atoms with Crippen molar-refractivity contribution in [3.8, 4) is 23.0 Å². The number of hydrogen-bond acceptors (Lipinski definition) is 5. The topological polar surface area (TPSA) is 54.0 Å². The molecule has 0 atom stereocenters. The fourth-order valence-corrected chi connectivity index (χ4v) is 5.57. The lowest BCUT2D eigenvalue weighted by molar-refractivity contribution is -0.115. The van der Waals surface area contributed by atoms with Gasteiger partial charge in [0.25, 0.3) is 0 Å². The van der Waals surface area contributed by atoms with E-state index in [0.29, 0.717) is 6.54 Å². The summed E-state index contributed by atoms with van der Waals surface area (Å²) in [5.74, 6) is 3.14. The van der Waals surface area contributed by atoms with Crippen LogP contribution in [0.5, 0.6) is 23.0 Å². The lowest BCUT2D eigenvalue weighted by atomic mass is 10.0. The van der Waals surface area contributed by atoms with Crippen LogP contribution in [0.15, 0.2) is 140 Å². The average molecular weight is 584 g/mol. The quantitative estimate of drug-likeness (QED) is 0.169. The highest BCUT2D eigenvalue weighted by atomic mass is 16.5. The minimum Gasteiger partial charge on any atom is -0.457 e. The summed E-state index contributed by atoms with van der Waals surface area (Å²) < 4.78 is 11.8. The Kier molecular flexibility index (Phi) is 9.50. The number of anilines is 2. The molecule has 0 radical (unpaired) electrons. The number of carbonyl (C=O) groups is 1. The molecule has 1 heterocycles. The van der Waals surface area contributed by atoms with Crippen molar-refractivity contribution in [2.45, 2.75) is 25.4 Å². The Morgan fingerprint density at radius 1 is 0.636 bits per heavy atom. The molecule has 5 aromatic carbocycles. The predicted molar refractivity (Wildman–Crippen MR) is 177 cm³/mol. The van der Waals surface area contributed by atoms with Crippen molar-refractivity contribution in [2.24, 2.45) is 0 Å². The maximum absolute atomic E-state index is 13.3. The smallest absolute Gasteiger partial charge is 0.243 e. The first-order chi connectivity index (χ1) is 21.7. The van der Waals surface area contributed by atoms with Crippen LogP contribution in [0, 0.1) is 0 Å².